The van der Waals surface area contributed by atoms with Gasteiger partial charge in [0, 0.05) is 132 Å². The Bertz CT molecular complexity index is 6860. The molecular weight excluding hydrogens is 1830 g/mol. The van der Waals surface area contributed by atoms with E-state index in [1.54, 1.807) is 83.1 Å². The van der Waals surface area contributed by atoms with Gasteiger partial charge in [-0.25, -0.2) is 56.9 Å². The van der Waals surface area contributed by atoms with Crippen LogP contribution in [0, 0.1) is 34.4 Å². The van der Waals surface area contributed by atoms with Crippen LogP contribution in [0.5, 0.6) is 11.5 Å². The maximum Gasteiger partial charge on any atom is 0.246 e. The number of likely N-dealkylation sites (N-methyl/N-ethyl adjacent to an activating group) is 1. The third kappa shape index (κ3) is 26.4. The molecule has 5 aliphatic rings. The molecule has 708 valence electrons. The molecule has 39 heteroatoms. The molecule has 1 saturated heterocycles. The summed E-state index contributed by atoms with van der Waals surface area (Å²) in [6.45, 7) is 11.0. The van der Waals surface area contributed by atoms with Crippen LogP contribution in [0.15, 0.2) is 259 Å². The number of aromatic nitrogens is 17. The number of para-hydroxylation sites is 1. The number of carbonyl (C=O) groups excluding carboxylic acids is 1. The molecule has 1 amide bonds. The van der Waals surface area contributed by atoms with Gasteiger partial charge in [0.2, 0.25) is 45.7 Å². The molecule has 0 radical (unpaired) electrons. The van der Waals surface area contributed by atoms with Crippen molar-refractivity contribution >= 4 is 143 Å². The van der Waals surface area contributed by atoms with Crippen LogP contribution in [-0.4, -0.2) is 144 Å². The van der Waals surface area contributed by atoms with Crippen molar-refractivity contribution in [1.82, 2.24) is 88.9 Å². The SMILES string of the molecule is CC(C)n1cnc(Nc2cnnc(Nc3ccc(S(N)(=O)=O)cc3Cl)c2)n1.CCn1cnc(Nc2cc(N3CCN(C)CC3)cc(C3(c4ccc(CC#N)cc4)CC3)c2)n1.CN(c1ccc(CC#N)cc1)c1cccc(Nc2ncn(C3CC3)n2)c1.Cn1cnc(Nc2cccc(Sc3ccc(NC(=O)C4CC4)cc3)c2)n1.Fc1cccc(Cl)c1Oc1cccc(Nc2ncn(C3CCCC3)n2)c1. The number of hydrogen-bond donors (Lipinski definition) is 8. The van der Waals surface area contributed by atoms with Gasteiger partial charge in [-0.05, 0) is 235 Å². The summed E-state index contributed by atoms with van der Waals surface area (Å²) in [5.74, 6) is 3.50. The number of nitriles is 2. The maximum absolute atomic E-state index is 13.9. The van der Waals surface area contributed by atoms with Gasteiger partial charge in [-0.1, -0.05) is 108 Å². The molecule has 0 atom stereocenters. The van der Waals surface area contributed by atoms with E-state index in [2.05, 4.69) is 205 Å². The molecule has 1 aliphatic heterocycles. The molecule has 15 aromatic rings. The van der Waals surface area contributed by atoms with Gasteiger partial charge in [0.15, 0.2) is 17.4 Å². The zero-order valence-corrected chi connectivity index (χ0v) is 80.1. The summed E-state index contributed by atoms with van der Waals surface area (Å²) >= 11 is 13.8. The zero-order valence-electron chi connectivity index (χ0n) is 76.9. The monoisotopic (exact) mass is 1930 g/mol. The molecule has 9 aromatic carbocycles. The number of hydrogen-bond acceptors (Lipinski definition) is 28. The molecule has 5 fully saturated rings. The predicted molar refractivity (Wildman–Crippen MR) is 536 cm³/mol. The van der Waals surface area contributed by atoms with Crippen LogP contribution in [0.1, 0.15) is 125 Å². The van der Waals surface area contributed by atoms with Gasteiger partial charge in [-0.3, -0.25) is 14.2 Å². The average Bonchev–Trinajstić information content (AvgIpc) is 1.58. The van der Waals surface area contributed by atoms with Gasteiger partial charge in [-0.15, -0.1) is 30.6 Å². The second-order valence-corrected chi connectivity index (χ2v) is 37.7. The Morgan fingerprint density at radius 3 is 1.79 bits per heavy atom. The number of anilines is 16. The fourth-order valence-corrected chi connectivity index (χ4v) is 17.3. The number of carbonyl (C=O) groups is 1. The van der Waals surface area contributed by atoms with Crippen LogP contribution in [0.3, 0.4) is 0 Å². The van der Waals surface area contributed by atoms with E-state index in [1.807, 2.05) is 121 Å². The molecule has 6 aromatic heterocycles. The van der Waals surface area contributed by atoms with Crippen LogP contribution < -0.4 is 56.9 Å². The van der Waals surface area contributed by atoms with Gasteiger partial charge in [-0.2, -0.15) is 15.6 Å². The number of nitrogens with two attached hydrogens (primary N) is 1. The molecule has 9 N–H and O–H groups in total. The number of primary sulfonamides is 1. The van der Waals surface area contributed by atoms with Crippen LogP contribution in [-0.2, 0) is 46.7 Å². The minimum atomic E-state index is -3.83. The standard InChI is InChI=1S/C26H31N7.C20H20N6.C19H18ClFN4O.C19H19N5OS.C15H17ClN8O2S/c1-3-33-19-28-25(30-33)29-23-16-22(17-24(18-23)32-14-12-31(2)13-15-32)26(9-10-26)21-6-4-20(5-7-21)8-11-27;1-25(17-7-5-15(6-8-17)11-12-21)19-4-2-3-16(13-19)23-20-22-14-26(24-20)18-9-10-18;20-16-9-4-10-17(21)18(16)26-15-8-3-5-13(11-15)23-19-22-12-25(24-19)14-6-1-2-7-14;1-24-12-20-19(23-24)22-15-3-2-4-17(11-15)26-16-9-7-14(8-10-16)21-18(25)13-5-6-13;1-9(2)24-8-18-15(23-24)20-10-5-14(22-19-7-10)21-13-4-3-11(6-12(13)16)27(17,25)26/h4-7,16-19H,3,8-10,12-15H2,1-2H3,(H,29,30);2-8,13-14,18H,9-11H2,1H3,(H,23,24);3-5,8-12,14H,1-2,6-7H2,(H,23,24);2-4,7-13H,5-6H2,1H3,(H,21,25)(H,22,23);3-9H,1-2H3,(H2,17,25,26)(H2,20,21,22,23). The number of aryl methyl sites for hydroxylation is 2. The number of ether oxygens (including phenoxy) is 1. The van der Waals surface area contributed by atoms with Gasteiger partial charge >= 0.3 is 0 Å². The molecule has 4 saturated carbocycles. The molecule has 0 spiro atoms. The topological polar surface area (TPSA) is 407 Å². The Morgan fingerprint density at radius 1 is 0.572 bits per heavy atom. The van der Waals surface area contributed by atoms with E-state index in [4.69, 9.17) is 43.6 Å². The highest BCUT2D eigenvalue weighted by molar-refractivity contribution is 7.99. The van der Waals surface area contributed by atoms with Crippen LogP contribution in [0.2, 0.25) is 10.0 Å². The Labute approximate surface area is 813 Å². The maximum atomic E-state index is 13.9. The normalized spacial score (nSPS) is 14.2. The number of nitrogens with zero attached hydrogens (tertiary/aromatic N) is 22. The minimum Gasteiger partial charge on any atom is -0.453 e. The van der Waals surface area contributed by atoms with Gasteiger partial charge in [0.25, 0.3) is 0 Å². The van der Waals surface area contributed by atoms with E-state index >= 15 is 0 Å². The number of nitrogens with one attached hydrogen (secondary N) is 7. The summed E-state index contributed by atoms with van der Waals surface area (Å²) in [6.07, 6.45) is 22.5. The summed E-state index contributed by atoms with van der Waals surface area (Å²) in [5.41, 5.74) is 13.8. The van der Waals surface area contributed by atoms with E-state index < -0.39 is 15.8 Å². The van der Waals surface area contributed by atoms with E-state index in [0.29, 0.717) is 77.6 Å². The minimum absolute atomic E-state index is 0.00922. The second kappa shape index (κ2) is 44.7. The van der Waals surface area contributed by atoms with Crippen molar-refractivity contribution in [2.75, 3.05) is 87.3 Å². The van der Waals surface area contributed by atoms with E-state index in [1.165, 1.54) is 79.0 Å². The van der Waals surface area contributed by atoms with Crippen molar-refractivity contribution in [2.24, 2.45) is 18.1 Å². The first-order valence-corrected chi connectivity index (χ1v) is 48.5. The number of amides is 1. The van der Waals surface area contributed by atoms with E-state index in [9.17, 15) is 17.6 Å². The second-order valence-electron chi connectivity index (χ2n) is 34.2. The highest BCUT2D eigenvalue weighted by atomic mass is 35.5. The first-order valence-electron chi connectivity index (χ1n) is 45.4. The quantitative estimate of drug-likeness (QED) is 0.0207. The average molecular weight is 1930 g/mol. The van der Waals surface area contributed by atoms with Crippen molar-refractivity contribution in [3.8, 4) is 23.6 Å². The summed E-state index contributed by atoms with van der Waals surface area (Å²) in [7, 11) is 2.22. The Hall–Kier alpha value is -14.9. The lowest BCUT2D eigenvalue weighted by atomic mass is 9.86. The number of halogens is 3. The van der Waals surface area contributed by atoms with Crippen molar-refractivity contribution in [2.45, 2.75) is 143 Å². The third-order valence-electron chi connectivity index (χ3n) is 23.4. The van der Waals surface area contributed by atoms with E-state index in [0.717, 1.165) is 132 Å². The third-order valence-corrected chi connectivity index (χ3v) is 26.0. The van der Waals surface area contributed by atoms with Crippen molar-refractivity contribution in [3.63, 3.8) is 0 Å². The largest absolute Gasteiger partial charge is 0.453 e. The zero-order chi connectivity index (χ0) is 96.2. The van der Waals surface area contributed by atoms with Crippen LogP contribution in [0.4, 0.5) is 96.8 Å². The molecule has 20 rings (SSSR count). The Kier molecular flexibility index (Phi) is 31.2. The lowest BCUT2D eigenvalue weighted by Gasteiger charge is -2.35. The first kappa shape index (κ1) is 96.3. The highest BCUT2D eigenvalue weighted by Crippen LogP contribution is 2.55. The smallest absolute Gasteiger partial charge is 0.246 e. The fraction of sp³-hybridized carbons (Fsp3) is 0.283. The van der Waals surface area contributed by atoms with Crippen molar-refractivity contribution < 1.29 is 22.3 Å². The number of rotatable bonds is 30. The van der Waals surface area contributed by atoms with Crippen LogP contribution >= 0.6 is 35.0 Å². The molecule has 0 unspecified atom stereocenters. The van der Waals surface area contributed by atoms with E-state index in [-0.39, 0.29) is 44.0 Å². The Balaban J connectivity index is 0.000000125. The fourth-order valence-electron chi connectivity index (χ4n) is 15.3. The summed E-state index contributed by atoms with van der Waals surface area (Å²) in [4.78, 5) is 42.3. The first-order chi connectivity index (χ1) is 66.9. The highest BCUT2D eigenvalue weighted by Gasteiger charge is 2.46. The molecule has 4 aliphatic carbocycles. The molecule has 0 bridgehead atoms. The summed E-state index contributed by atoms with van der Waals surface area (Å²) < 4.78 is 51.3. The molecule has 7 heterocycles. The van der Waals surface area contributed by atoms with Gasteiger partial charge in [0.1, 0.15) is 37.4 Å². The van der Waals surface area contributed by atoms with Gasteiger partial charge < -0.3 is 56.7 Å². The van der Waals surface area contributed by atoms with Gasteiger partial charge in [0.05, 0.1) is 69.6 Å². The number of sulfonamides is 1. The van der Waals surface area contributed by atoms with Crippen LogP contribution in [0.25, 0.3) is 0 Å². The lowest BCUT2D eigenvalue weighted by Crippen LogP contribution is -2.44. The summed E-state index contributed by atoms with van der Waals surface area (Å²) in [6, 6.07) is 70.7. The Morgan fingerprint density at radius 2 is 1.17 bits per heavy atom. The molecule has 34 nitrogen and oxygen atoms in total. The van der Waals surface area contributed by atoms with Crippen molar-refractivity contribution in [1.29, 1.82) is 10.5 Å². The number of benzene rings is 9. The number of piperazine rings is 1. The predicted octanol–water partition coefficient (Wildman–Crippen LogP) is 20.3. The molecular formula is C99H105Cl2FN30O4S2. The van der Waals surface area contributed by atoms with Crippen molar-refractivity contribution in [3.05, 3.63) is 282 Å². The summed E-state index contributed by atoms with van der Waals surface area (Å²) in [5, 5.41) is 75.2. The lowest BCUT2D eigenvalue weighted by molar-refractivity contribution is -0.117. The molecule has 138 heavy (non-hydrogen) atoms.